The van der Waals surface area contributed by atoms with Crippen molar-refractivity contribution in [1.29, 1.82) is 0 Å². The van der Waals surface area contributed by atoms with Gasteiger partial charge < -0.3 is 14.6 Å². The Morgan fingerprint density at radius 1 is 1.50 bits per heavy atom. The minimum atomic E-state index is -0.480. The fourth-order valence-corrected chi connectivity index (χ4v) is 1.42. The van der Waals surface area contributed by atoms with E-state index in [0.29, 0.717) is 12.3 Å². The Labute approximate surface area is 73.7 Å². The molecule has 1 aliphatic rings. The van der Waals surface area contributed by atoms with Gasteiger partial charge in [-0.1, -0.05) is 6.92 Å². The highest BCUT2D eigenvalue weighted by Crippen LogP contribution is 2.27. The van der Waals surface area contributed by atoms with Crippen molar-refractivity contribution in [3.05, 3.63) is 0 Å². The Kier molecular flexibility index (Phi) is 3.09. The minimum absolute atomic E-state index is 0.138. The van der Waals surface area contributed by atoms with Crippen LogP contribution in [0.1, 0.15) is 27.2 Å². The maximum absolute atomic E-state index is 8.79. The first kappa shape index (κ1) is 9.96. The lowest BCUT2D eigenvalue weighted by atomic mass is 10.0. The summed E-state index contributed by atoms with van der Waals surface area (Å²) in [5, 5.41) is 8.79. The zero-order chi connectivity index (χ0) is 9.19. The van der Waals surface area contributed by atoms with Gasteiger partial charge in [0.05, 0.1) is 12.7 Å². The van der Waals surface area contributed by atoms with Crippen molar-refractivity contribution in [2.24, 2.45) is 5.92 Å². The zero-order valence-electron chi connectivity index (χ0n) is 8.04. The Bertz CT molecular complexity index is 145. The summed E-state index contributed by atoms with van der Waals surface area (Å²) in [6, 6.07) is 0. The molecule has 0 aromatic rings. The lowest BCUT2D eigenvalue weighted by Gasteiger charge is -2.39. The van der Waals surface area contributed by atoms with Crippen molar-refractivity contribution < 1.29 is 14.6 Å². The van der Waals surface area contributed by atoms with Crippen LogP contribution in [0.25, 0.3) is 0 Å². The number of aliphatic hydroxyl groups is 1. The summed E-state index contributed by atoms with van der Waals surface area (Å²) in [5.41, 5.74) is 0. The van der Waals surface area contributed by atoms with Crippen LogP contribution in [0.5, 0.6) is 0 Å². The molecule has 0 radical (unpaired) electrons. The molecule has 0 saturated carbocycles. The summed E-state index contributed by atoms with van der Waals surface area (Å²) in [7, 11) is 0. The molecule has 3 nitrogen and oxygen atoms in total. The fourth-order valence-electron chi connectivity index (χ4n) is 1.42. The minimum Gasteiger partial charge on any atom is -0.396 e. The van der Waals surface area contributed by atoms with Crippen LogP contribution in [-0.4, -0.2) is 30.2 Å². The Morgan fingerprint density at radius 2 is 2.17 bits per heavy atom. The van der Waals surface area contributed by atoms with Crippen molar-refractivity contribution in [2.45, 2.75) is 39.1 Å². The van der Waals surface area contributed by atoms with E-state index >= 15 is 0 Å². The smallest absolute Gasteiger partial charge is 0.163 e. The van der Waals surface area contributed by atoms with Crippen LogP contribution in [-0.2, 0) is 9.47 Å². The lowest BCUT2D eigenvalue weighted by molar-refractivity contribution is -0.292. The van der Waals surface area contributed by atoms with Gasteiger partial charge in [0, 0.05) is 12.5 Å². The van der Waals surface area contributed by atoms with Crippen molar-refractivity contribution in [1.82, 2.24) is 0 Å². The predicted molar refractivity (Wildman–Crippen MR) is 45.8 cm³/mol. The highest BCUT2D eigenvalue weighted by molar-refractivity contribution is 4.74. The second-order valence-corrected chi connectivity index (χ2v) is 3.86. The molecular formula is C9H18O3. The molecule has 0 spiro atoms. The van der Waals surface area contributed by atoms with E-state index in [1.165, 1.54) is 0 Å². The highest BCUT2D eigenvalue weighted by atomic mass is 16.7. The average molecular weight is 174 g/mol. The largest absolute Gasteiger partial charge is 0.396 e. The van der Waals surface area contributed by atoms with Crippen LogP contribution in [0.4, 0.5) is 0 Å². The molecule has 1 fully saturated rings. The molecule has 0 aliphatic carbocycles. The molecule has 1 heterocycles. The summed E-state index contributed by atoms with van der Waals surface area (Å²) in [5.74, 6) is -0.100. The molecule has 1 rings (SSSR count). The monoisotopic (exact) mass is 174 g/mol. The third-order valence-electron chi connectivity index (χ3n) is 2.18. The molecule has 2 atom stereocenters. The molecular weight excluding hydrogens is 156 g/mol. The van der Waals surface area contributed by atoms with E-state index in [4.69, 9.17) is 14.6 Å². The zero-order valence-corrected chi connectivity index (χ0v) is 8.04. The first-order chi connectivity index (χ1) is 5.55. The summed E-state index contributed by atoms with van der Waals surface area (Å²) in [6.45, 7) is 6.80. The van der Waals surface area contributed by atoms with E-state index < -0.39 is 5.79 Å². The van der Waals surface area contributed by atoms with Crippen LogP contribution in [0.2, 0.25) is 0 Å². The van der Waals surface area contributed by atoms with Crippen molar-refractivity contribution in [3.63, 3.8) is 0 Å². The lowest BCUT2D eigenvalue weighted by Crippen LogP contribution is -2.44. The quantitative estimate of drug-likeness (QED) is 0.682. The molecule has 0 aromatic heterocycles. The average Bonchev–Trinajstić information content (AvgIpc) is 1.97. The van der Waals surface area contributed by atoms with Gasteiger partial charge in [0.1, 0.15) is 0 Å². The Balaban J connectivity index is 2.47. The van der Waals surface area contributed by atoms with Crippen LogP contribution < -0.4 is 0 Å². The van der Waals surface area contributed by atoms with E-state index in [9.17, 15) is 0 Å². The van der Waals surface area contributed by atoms with Gasteiger partial charge in [-0.3, -0.25) is 0 Å². The number of rotatable bonds is 2. The van der Waals surface area contributed by atoms with Crippen LogP contribution in [0.15, 0.2) is 0 Å². The normalized spacial score (nSPS) is 35.0. The third-order valence-corrected chi connectivity index (χ3v) is 2.18. The number of ether oxygens (including phenoxy) is 2. The molecule has 0 aromatic carbocycles. The third kappa shape index (κ3) is 2.44. The molecule has 0 bridgehead atoms. The van der Waals surface area contributed by atoms with E-state index in [1.807, 2.05) is 13.8 Å². The van der Waals surface area contributed by atoms with Crippen LogP contribution in [0, 0.1) is 5.92 Å². The second kappa shape index (κ2) is 3.73. The maximum atomic E-state index is 8.79. The van der Waals surface area contributed by atoms with E-state index in [2.05, 4.69) is 6.92 Å². The summed E-state index contributed by atoms with van der Waals surface area (Å²) in [4.78, 5) is 0. The first-order valence-corrected chi connectivity index (χ1v) is 4.48. The van der Waals surface area contributed by atoms with E-state index in [-0.39, 0.29) is 12.7 Å². The Morgan fingerprint density at radius 3 is 2.75 bits per heavy atom. The standard InChI is InChI=1S/C9H18O3/c1-7-6-11-9(2,3)12-8(7)4-5-10/h7-8,10H,4-6H2,1-3H3/t7-,8-/m0/s1. The van der Waals surface area contributed by atoms with Crippen LogP contribution >= 0.6 is 0 Å². The Hall–Kier alpha value is -0.120. The predicted octanol–water partition coefficient (Wildman–Crippen LogP) is 1.16. The number of hydrogen-bond donors (Lipinski definition) is 1. The van der Waals surface area contributed by atoms with E-state index in [0.717, 1.165) is 6.61 Å². The molecule has 0 amide bonds. The second-order valence-electron chi connectivity index (χ2n) is 3.86. The van der Waals surface area contributed by atoms with E-state index in [1.54, 1.807) is 0 Å². The van der Waals surface area contributed by atoms with Gasteiger partial charge in [-0.05, 0) is 20.3 Å². The van der Waals surface area contributed by atoms with Crippen molar-refractivity contribution >= 4 is 0 Å². The molecule has 3 heteroatoms. The first-order valence-electron chi connectivity index (χ1n) is 4.48. The summed E-state index contributed by atoms with van der Waals surface area (Å²) < 4.78 is 11.1. The molecule has 12 heavy (non-hydrogen) atoms. The fraction of sp³-hybridized carbons (Fsp3) is 1.00. The molecule has 0 unspecified atom stereocenters. The summed E-state index contributed by atoms with van der Waals surface area (Å²) >= 11 is 0. The van der Waals surface area contributed by atoms with Gasteiger partial charge in [-0.25, -0.2) is 0 Å². The maximum Gasteiger partial charge on any atom is 0.163 e. The SMILES string of the molecule is C[C@H]1COC(C)(C)O[C@H]1CCO. The van der Waals surface area contributed by atoms with Crippen molar-refractivity contribution in [3.8, 4) is 0 Å². The molecule has 72 valence electrons. The van der Waals surface area contributed by atoms with Gasteiger partial charge in [0.25, 0.3) is 0 Å². The summed E-state index contributed by atoms with van der Waals surface area (Å²) in [6.07, 6.45) is 0.840. The molecule has 1 N–H and O–H groups in total. The molecule has 1 aliphatic heterocycles. The van der Waals surface area contributed by atoms with Gasteiger partial charge in [-0.2, -0.15) is 0 Å². The molecule has 1 saturated heterocycles. The number of aliphatic hydroxyl groups excluding tert-OH is 1. The van der Waals surface area contributed by atoms with Crippen LogP contribution in [0.3, 0.4) is 0 Å². The highest BCUT2D eigenvalue weighted by Gasteiger charge is 2.33. The number of hydrogen-bond acceptors (Lipinski definition) is 3. The van der Waals surface area contributed by atoms with Gasteiger partial charge in [0.2, 0.25) is 0 Å². The van der Waals surface area contributed by atoms with Gasteiger partial charge in [0.15, 0.2) is 5.79 Å². The van der Waals surface area contributed by atoms with Crippen molar-refractivity contribution in [2.75, 3.05) is 13.2 Å². The topological polar surface area (TPSA) is 38.7 Å². The van der Waals surface area contributed by atoms with Gasteiger partial charge in [-0.15, -0.1) is 0 Å². The van der Waals surface area contributed by atoms with Gasteiger partial charge >= 0.3 is 0 Å².